The fourth-order valence-electron chi connectivity index (χ4n) is 2.06. The normalized spacial score (nSPS) is 11.9. The van der Waals surface area contributed by atoms with Crippen LogP contribution in [0, 0.1) is 0 Å². The lowest BCUT2D eigenvalue weighted by Crippen LogP contribution is -2.25. The molecule has 0 bridgehead atoms. The van der Waals surface area contributed by atoms with Gasteiger partial charge in [-0.3, -0.25) is 0 Å². The van der Waals surface area contributed by atoms with Crippen LogP contribution in [0.25, 0.3) is 0 Å². The second-order valence-corrected chi connectivity index (χ2v) is 5.19. The van der Waals surface area contributed by atoms with Gasteiger partial charge in [0.2, 0.25) is 0 Å². The molecule has 25 heavy (non-hydrogen) atoms. The Kier molecular flexibility index (Phi) is 8.90. The second-order valence-electron chi connectivity index (χ2n) is 5.19. The van der Waals surface area contributed by atoms with Crippen LogP contribution in [0.3, 0.4) is 0 Å². The van der Waals surface area contributed by atoms with E-state index in [-0.39, 0.29) is 30.1 Å². The highest BCUT2D eigenvalue weighted by atomic mass is 127. The monoisotopic (exact) mass is 457 g/mol. The Bertz CT molecular complexity index is 695. The van der Waals surface area contributed by atoms with Crippen molar-refractivity contribution in [3.8, 4) is 17.2 Å². The van der Waals surface area contributed by atoms with E-state index in [1.165, 1.54) is 0 Å². The number of benzene rings is 2. The van der Waals surface area contributed by atoms with Crippen molar-refractivity contribution in [1.29, 1.82) is 0 Å². The summed E-state index contributed by atoms with van der Waals surface area (Å²) >= 11 is 0. The first kappa shape index (κ1) is 20.9. The number of halogens is 1. The summed E-state index contributed by atoms with van der Waals surface area (Å²) in [5.74, 6) is 2.56. The molecule has 0 aliphatic heterocycles. The van der Waals surface area contributed by atoms with E-state index in [1.807, 2.05) is 55.5 Å². The number of anilines is 1. The highest BCUT2D eigenvalue weighted by Crippen LogP contribution is 2.20. The summed E-state index contributed by atoms with van der Waals surface area (Å²) in [5.41, 5.74) is 6.72. The molecule has 0 amide bonds. The number of nitrogens with zero attached hydrogens (tertiary/aromatic N) is 1. The molecule has 1 unspecified atom stereocenters. The number of hydrogen-bond donors (Lipinski definition) is 2. The summed E-state index contributed by atoms with van der Waals surface area (Å²) in [7, 11) is 3.24. The van der Waals surface area contributed by atoms with Crippen molar-refractivity contribution in [3.05, 3.63) is 48.5 Å². The van der Waals surface area contributed by atoms with E-state index in [0.29, 0.717) is 12.5 Å². The number of ether oxygens (including phenoxy) is 3. The topological polar surface area (TPSA) is 78.1 Å². The maximum atomic E-state index is 5.91. The molecule has 2 rings (SSSR count). The molecule has 0 aromatic heterocycles. The highest BCUT2D eigenvalue weighted by molar-refractivity contribution is 14.0. The van der Waals surface area contributed by atoms with Crippen LogP contribution in [0.4, 0.5) is 5.69 Å². The van der Waals surface area contributed by atoms with Crippen molar-refractivity contribution < 1.29 is 14.2 Å². The van der Waals surface area contributed by atoms with Gasteiger partial charge in [-0.1, -0.05) is 12.1 Å². The van der Waals surface area contributed by atoms with Crippen LogP contribution in [-0.2, 0) is 0 Å². The minimum Gasteiger partial charge on any atom is -0.497 e. The van der Waals surface area contributed by atoms with Gasteiger partial charge in [-0.05, 0) is 31.2 Å². The van der Waals surface area contributed by atoms with Crippen LogP contribution < -0.4 is 25.3 Å². The quantitative estimate of drug-likeness (QED) is 0.378. The smallest absolute Gasteiger partial charge is 0.193 e. The molecule has 0 radical (unpaired) electrons. The van der Waals surface area contributed by atoms with E-state index in [2.05, 4.69) is 10.3 Å². The standard InChI is InChI=1S/C18H23N3O3.HI/c1-13(24-17-9-5-8-16(11-17)23-3)12-20-18(19)21-14-6-4-7-15(10-14)22-2;/h4-11,13H,12H2,1-3H3,(H3,19,20,21);1H. The van der Waals surface area contributed by atoms with Crippen LogP contribution >= 0.6 is 24.0 Å². The molecule has 1 atom stereocenters. The molecule has 0 saturated heterocycles. The second kappa shape index (κ2) is 10.7. The fourth-order valence-corrected chi connectivity index (χ4v) is 2.06. The first-order valence-corrected chi connectivity index (χ1v) is 7.62. The highest BCUT2D eigenvalue weighted by Gasteiger charge is 2.05. The Labute approximate surface area is 165 Å². The van der Waals surface area contributed by atoms with Gasteiger partial charge >= 0.3 is 0 Å². The van der Waals surface area contributed by atoms with Crippen molar-refractivity contribution in [2.24, 2.45) is 10.7 Å². The summed E-state index contributed by atoms with van der Waals surface area (Å²) in [4.78, 5) is 4.30. The van der Waals surface area contributed by atoms with E-state index in [4.69, 9.17) is 19.9 Å². The summed E-state index contributed by atoms with van der Waals surface area (Å²) in [6, 6.07) is 14.9. The van der Waals surface area contributed by atoms with Crippen molar-refractivity contribution in [2.75, 3.05) is 26.1 Å². The zero-order valence-corrected chi connectivity index (χ0v) is 16.9. The van der Waals surface area contributed by atoms with Gasteiger partial charge in [0.25, 0.3) is 0 Å². The van der Waals surface area contributed by atoms with E-state index < -0.39 is 0 Å². The Morgan fingerprint density at radius 1 is 1.04 bits per heavy atom. The maximum absolute atomic E-state index is 5.91. The Morgan fingerprint density at radius 2 is 1.64 bits per heavy atom. The molecule has 136 valence electrons. The van der Waals surface area contributed by atoms with Crippen LogP contribution in [0.15, 0.2) is 53.5 Å². The molecule has 0 heterocycles. The van der Waals surface area contributed by atoms with E-state index in [9.17, 15) is 0 Å². The van der Waals surface area contributed by atoms with Gasteiger partial charge < -0.3 is 25.3 Å². The number of guanidine groups is 1. The third-order valence-corrected chi connectivity index (χ3v) is 3.24. The molecule has 2 aromatic carbocycles. The molecule has 6 nitrogen and oxygen atoms in total. The molecule has 0 saturated carbocycles. The van der Waals surface area contributed by atoms with Gasteiger partial charge in [-0.15, -0.1) is 24.0 Å². The first-order valence-electron chi connectivity index (χ1n) is 7.62. The van der Waals surface area contributed by atoms with Crippen molar-refractivity contribution >= 4 is 35.6 Å². The lowest BCUT2D eigenvalue weighted by Gasteiger charge is -2.14. The van der Waals surface area contributed by atoms with Gasteiger partial charge in [0.05, 0.1) is 20.8 Å². The molecular formula is C18H24IN3O3. The maximum Gasteiger partial charge on any atom is 0.193 e. The van der Waals surface area contributed by atoms with Crippen molar-refractivity contribution in [3.63, 3.8) is 0 Å². The number of rotatable bonds is 7. The number of methoxy groups -OCH3 is 2. The van der Waals surface area contributed by atoms with E-state index >= 15 is 0 Å². The third-order valence-electron chi connectivity index (χ3n) is 3.24. The average Bonchev–Trinajstić information content (AvgIpc) is 2.60. The molecule has 0 aliphatic rings. The molecule has 7 heteroatoms. The van der Waals surface area contributed by atoms with Gasteiger partial charge in [0, 0.05) is 17.8 Å². The zero-order valence-electron chi connectivity index (χ0n) is 14.6. The van der Waals surface area contributed by atoms with E-state index in [0.717, 1.165) is 22.9 Å². The SMILES string of the molecule is COc1cccc(NC(N)=NCC(C)Oc2cccc(OC)c2)c1.I. The lowest BCUT2D eigenvalue weighted by atomic mass is 10.3. The van der Waals surface area contributed by atoms with Gasteiger partial charge in [0.15, 0.2) is 5.96 Å². The molecule has 3 N–H and O–H groups in total. The van der Waals surface area contributed by atoms with Crippen molar-refractivity contribution in [1.82, 2.24) is 0 Å². The minimum atomic E-state index is -0.122. The van der Waals surface area contributed by atoms with Crippen LogP contribution in [0.5, 0.6) is 17.2 Å². The Morgan fingerprint density at radius 3 is 2.32 bits per heavy atom. The summed E-state index contributed by atoms with van der Waals surface area (Å²) in [6.07, 6.45) is -0.122. The van der Waals surface area contributed by atoms with Crippen molar-refractivity contribution in [2.45, 2.75) is 13.0 Å². The summed E-state index contributed by atoms with van der Waals surface area (Å²) in [5, 5.41) is 3.03. The average molecular weight is 457 g/mol. The Balaban J connectivity index is 0.00000312. The van der Waals surface area contributed by atoms with Gasteiger partial charge in [0.1, 0.15) is 23.4 Å². The number of aliphatic imine (C=N–C) groups is 1. The first-order chi connectivity index (χ1) is 11.6. The molecule has 0 fully saturated rings. The van der Waals surface area contributed by atoms with Gasteiger partial charge in [-0.2, -0.15) is 0 Å². The predicted molar refractivity (Wildman–Crippen MR) is 112 cm³/mol. The van der Waals surface area contributed by atoms with Gasteiger partial charge in [-0.25, -0.2) is 4.99 Å². The molecular weight excluding hydrogens is 433 g/mol. The lowest BCUT2D eigenvalue weighted by molar-refractivity contribution is 0.229. The number of nitrogens with two attached hydrogens (primary N) is 1. The number of hydrogen-bond acceptors (Lipinski definition) is 4. The van der Waals surface area contributed by atoms with Crippen LogP contribution in [-0.4, -0.2) is 32.8 Å². The largest absolute Gasteiger partial charge is 0.497 e. The Hall–Kier alpha value is -2.16. The fraction of sp³-hybridized carbons (Fsp3) is 0.278. The zero-order chi connectivity index (χ0) is 17.4. The molecule has 0 spiro atoms. The third kappa shape index (κ3) is 7.08. The molecule has 0 aliphatic carbocycles. The van der Waals surface area contributed by atoms with E-state index in [1.54, 1.807) is 14.2 Å². The number of nitrogens with one attached hydrogen (secondary N) is 1. The summed E-state index contributed by atoms with van der Waals surface area (Å²) < 4.78 is 16.1. The minimum absolute atomic E-state index is 0. The summed E-state index contributed by atoms with van der Waals surface area (Å²) in [6.45, 7) is 2.36. The molecule has 2 aromatic rings. The van der Waals surface area contributed by atoms with Crippen LogP contribution in [0.2, 0.25) is 0 Å². The van der Waals surface area contributed by atoms with Crippen LogP contribution in [0.1, 0.15) is 6.92 Å². The predicted octanol–water partition coefficient (Wildman–Crippen LogP) is 3.52.